The second kappa shape index (κ2) is 4.68. The van der Waals surface area contributed by atoms with Crippen molar-refractivity contribution in [2.24, 2.45) is 5.92 Å². The van der Waals surface area contributed by atoms with Crippen molar-refractivity contribution in [1.29, 1.82) is 0 Å². The molecule has 0 aromatic carbocycles. The molecule has 0 saturated heterocycles. The third kappa shape index (κ3) is 2.26. The summed E-state index contributed by atoms with van der Waals surface area (Å²) in [5, 5.41) is 3.05. The lowest BCUT2D eigenvalue weighted by molar-refractivity contribution is -0.126. The van der Waals surface area contributed by atoms with Gasteiger partial charge in [-0.25, -0.2) is 4.98 Å². The Bertz CT molecular complexity index is 372. The van der Waals surface area contributed by atoms with Gasteiger partial charge in [-0.1, -0.05) is 6.92 Å². The summed E-state index contributed by atoms with van der Waals surface area (Å²) in [4.78, 5) is 16.2. The summed E-state index contributed by atoms with van der Waals surface area (Å²) in [5.41, 5.74) is 0. The fraction of sp³-hybridized carbons (Fsp3) is 0.667. The number of hydrogen-bond donors (Lipinski definition) is 1. The topological polar surface area (TPSA) is 46.9 Å². The SMILES string of the molecule is CCC(C)NC(=O)C1CCn2ccnc2C1. The van der Waals surface area contributed by atoms with Crippen LogP contribution >= 0.6 is 0 Å². The lowest BCUT2D eigenvalue weighted by Gasteiger charge is -2.24. The lowest BCUT2D eigenvalue weighted by atomic mass is 9.96. The molecule has 1 aliphatic heterocycles. The van der Waals surface area contributed by atoms with Crippen LogP contribution in [0.5, 0.6) is 0 Å². The number of carbonyl (C=O) groups excluding carboxylic acids is 1. The number of aryl methyl sites for hydroxylation is 1. The van der Waals surface area contributed by atoms with E-state index in [1.165, 1.54) is 0 Å². The number of imidazole rings is 1. The van der Waals surface area contributed by atoms with Gasteiger partial charge >= 0.3 is 0 Å². The molecule has 2 atom stereocenters. The van der Waals surface area contributed by atoms with Gasteiger partial charge in [-0.3, -0.25) is 4.79 Å². The van der Waals surface area contributed by atoms with Crippen molar-refractivity contribution in [3.8, 4) is 0 Å². The van der Waals surface area contributed by atoms with Gasteiger partial charge in [0.2, 0.25) is 5.91 Å². The Balaban J connectivity index is 1.95. The molecular formula is C12H19N3O. The third-order valence-electron chi connectivity index (χ3n) is 3.32. The van der Waals surface area contributed by atoms with Crippen LogP contribution in [-0.2, 0) is 17.8 Å². The largest absolute Gasteiger partial charge is 0.353 e. The van der Waals surface area contributed by atoms with E-state index in [1.807, 2.05) is 19.3 Å². The van der Waals surface area contributed by atoms with Crippen LogP contribution in [0.4, 0.5) is 0 Å². The standard InChI is InChI=1S/C12H19N3O/c1-3-9(2)14-12(16)10-4-6-15-7-5-13-11(15)8-10/h5,7,9-10H,3-4,6,8H2,1-2H3,(H,14,16). The van der Waals surface area contributed by atoms with Gasteiger partial charge in [0, 0.05) is 37.3 Å². The number of aromatic nitrogens is 2. The molecule has 1 aromatic heterocycles. The van der Waals surface area contributed by atoms with Gasteiger partial charge < -0.3 is 9.88 Å². The van der Waals surface area contributed by atoms with E-state index in [0.717, 1.165) is 31.6 Å². The first-order chi connectivity index (χ1) is 7.70. The average molecular weight is 221 g/mol. The number of carbonyl (C=O) groups is 1. The van der Waals surface area contributed by atoms with E-state index in [1.54, 1.807) is 0 Å². The second-order valence-electron chi connectivity index (χ2n) is 4.54. The Kier molecular flexibility index (Phi) is 3.27. The van der Waals surface area contributed by atoms with E-state index in [4.69, 9.17) is 0 Å². The Morgan fingerprint density at radius 2 is 2.56 bits per heavy atom. The number of nitrogens with zero attached hydrogens (tertiary/aromatic N) is 2. The molecule has 4 nitrogen and oxygen atoms in total. The maximum Gasteiger partial charge on any atom is 0.223 e. The fourth-order valence-electron chi connectivity index (χ4n) is 2.04. The number of rotatable bonds is 3. The molecule has 0 fully saturated rings. The smallest absolute Gasteiger partial charge is 0.223 e. The zero-order valence-electron chi connectivity index (χ0n) is 9.94. The van der Waals surface area contributed by atoms with Crippen LogP contribution in [0.1, 0.15) is 32.5 Å². The summed E-state index contributed by atoms with van der Waals surface area (Å²) >= 11 is 0. The van der Waals surface area contributed by atoms with Crippen molar-refractivity contribution in [1.82, 2.24) is 14.9 Å². The van der Waals surface area contributed by atoms with Crippen molar-refractivity contribution in [3.05, 3.63) is 18.2 Å². The first kappa shape index (κ1) is 11.2. The number of fused-ring (bicyclic) bond motifs is 1. The molecule has 1 aliphatic rings. The van der Waals surface area contributed by atoms with E-state index in [-0.39, 0.29) is 17.9 Å². The number of amides is 1. The molecule has 2 unspecified atom stereocenters. The Labute approximate surface area is 96.1 Å². The molecule has 0 bridgehead atoms. The quantitative estimate of drug-likeness (QED) is 0.837. The molecule has 1 N–H and O–H groups in total. The maximum atomic E-state index is 12.0. The normalized spacial score (nSPS) is 21.2. The highest BCUT2D eigenvalue weighted by molar-refractivity contribution is 5.79. The molecule has 0 aliphatic carbocycles. The Morgan fingerprint density at radius 1 is 1.75 bits per heavy atom. The van der Waals surface area contributed by atoms with Gasteiger partial charge in [0.05, 0.1) is 0 Å². The highest BCUT2D eigenvalue weighted by Gasteiger charge is 2.25. The van der Waals surface area contributed by atoms with Crippen LogP contribution in [0.2, 0.25) is 0 Å². The van der Waals surface area contributed by atoms with E-state index in [0.29, 0.717) is 0 Å². The Hall–Kier alpha value is -1.32. The van der Waals surface area contributed by atoms with Gasteiger partial charge in [-0.15, -0.1) is 0 Å². The van der Waals surface area contributed by atoms with E-state index in [9.17, 15) is 4.79 Å². The zero-order valence-corrected chi connectivity index (χ0v) is 9.94. The highest BCUT2D eigenvalue weighted by Crippen LogP contribution is 2.19. The van der Waals surface area contributed by atoms with E-state index >= 15 is 0 Å². The van der Waals surface area contributed by atoms with Gasteiger partial charge in [-0.05, 0) is 19.8 Å². The van der Waals surface area contributed by atoms with Crippen LogP contribution in [0.25, 0.3) is 0 Å². The number of hydrogen-bond acceptors (Lipinski definition) is 2. The van der Waals surface area contributed by atoms with Gasteiger partial charge in [0.1, 0.15) is 5.82 Å². The first-order valence-corrected chi connectivity index (χ1v) is 6.01. The van der Waals surface area contributed by atoms with Crippen LogP contribution in [-0.4, -0.2) is 21.5 Å². The molecule has 0 spiro atoms. The van der Waals surface area contributed by atoms with Gasteiger partial charge in [0.25, 0.3) is 0 Å². The van der Waals surface area contributed by atoms with Crippen molar-refractivity contribution in [2.75, 3.05) is 0 Å². The first-order valence-electron chi connectivity index (χ1n) is 6.01. The monoisotopic (exact) mass is 221 g/mol. The summed E-state index contributed by atoms with van der Waals surface area (Å²) in [6, 6.07) is 0.272. The number of nitrogens with one attached hydrogen (secondary N) is 1. The van der Waals surface area contributed by atoms with Crippen LogP contribution in [0, 0.1) is 5.92 Å². The van der Waals surface area contributed by atoms with Gasteiger partial charge in [-0.2, -0.15) is 0 Å². The summed E-state index contributed by atoms with van der Waals surface area (Å²) in [6.07, 6.45) is 6.47. The molecule has 16 heavy (non-hydrogen) atoms. The van der Waals surface area contributed by atoms with Crippen molar-refractivity contribution in [3.63, 3.8) is 0 Å². The fourth-order valence-corrected chi connectivity index (χ4v) is 2.04. The third-order valence-corrected chi connectivity index (χ3v) is 3.32. The van der Waals surface area contributed by atoms with Crippen molar-refractivity contribution < 1.29 is 4.79 Å². The minimum atomic E-state index is 0.101. The second-order valence-corrected chi connectivity index (χ2v) is 4.54. The molecule has 4 heteroatoms. The predicted molar refractivity (Wildman–Crippen MR) is 61.9 cm³/mol. The summed E-state index contributed by atoms with van der Waals surface area (Å²) in [7, 11) is 0. The van der Waals surface area contributed by atoms with E-state index in [2.05, 4.69) is 21.8 Å². The molecular weight excluding hydrogens is 202 g/mol. The molecule has 88 valence electrons. The molecule has 0 radical (unpaired) electrons. The van der Waals surface area contributed by atoms with Crippen LogP contribution < -0.4 is 5.32 Å². The summed E-state index contributed by atoms with van der Waals surface area (Å²) < 4.78 is 2.13. The predicted octanol–water partition coefficient (Wildman–Crippen LogP) is 1.36. The van der Waals surface area contributed by atoms with Crippen LogP contribution in [0.3, 0.4) is 0 Å². The summed E-state index contributed by atoms with van der Waals surface area (Å²) in [6.45, 7) is 5.04. The molecule has 0 saturated carbocycles. The minimum Gasteiger partial charge on any atom is -0.353 e. The average Bonchev–Trinajstić information content (AvgIpc) is 2.75. The molecule has 1 amide bonds. The van der Waals surface area contributed by atoms with Crippen molar-refractivity contribution in [2.45, 2.75) is 45.7 Å². The van der Waals surface area contributed by atoms with E-state index < -0.39 is 0 Å². The molecule has 1 aromatic rings. The van der Waals surface area contributed by atoms with Crippen LogP contribution in [0.15, 0.2) is 12.4 Å². The minimum absolute atomic E-state index is 0.101. The lowest BCUT2D eigenvalue weighted by Crippen LogP contribution is -2.39. The zero-order chi connectivity index (χ0) is 11.5. The molecule has 2 rings (SSSR count). The summed E-state index contributed by atoms with van der Waals surface area (Å²) in [5.74, 6) is 1.32. The molecule has 2 heterocycles. The van der Waals surface area contributed by atoms with Crippen molar-refractivity contribution >= 4 is 5.91 Å². The maximum absolute atomic E-state index is 12.0. The highest BCUT2D eigenvalue weighted by atomic mass is 16.1. The van der Waals surface area contributed by atoms with Gasteiger partial charge in [0.15, 0.2) is 0 Å². The Morgan fingerprint density at radius 3 is 3.31 bits per heavy atom.